The Morgan fingerprint density at radius 3 is 2.17 bits per heavy atom. The quantitative estimate of drug-likeness (QED) is 0.137. The SMILES string of the molecule is CCOC(=O)C1(c2ccc(-c3ccc(-c4sc(Cl)cc4NC(=O)O[C@H](C)c4ccccc4)cc3NC(=O)OC(C)(C)C)cc2)CC1. The summed E-state index contributed by atoms with van der Waals surface area (Å²) in [5.74, 6) is -0.197. The molecule has 8 nitrogen and oxygen atoms in total. The number of amides is 2. The van der Waals surface area contributed by atoms with Gasteiger partial charge in [-0.3, -0.25) is 15.4 Å². The highest BCUT2D eigenvalue weighted by atomic mass is 35.5. The number of thiophene rings is 1. The first-order valence-electron chi connectivity index (χ1n) is 15.1. The second kappa shape index (κ2) is 13.6. The van der Waals surface area contributed by atoms with Crippen LogP contribution in [0.2, 0.25) is 4.34 Å². The van der Waals surface area contributed by atoms with Crippen molar-refractivity contribution in [3.63, 3.8) is 0 Å². The number of halogens is 1. The van der Waals surface area contributed by atoms with Crippen molar-refractivity contribution in [3.05, 3.63) is 94.3 Å². The van der Waals surface area contributed by atoms with E-state index < -0.39 is 29.3 Å². The van der Waals surface area contributed by atoms with Crippen molar-refractivity contribution in [2.75, 3.05) is 17.2 Å². The van der Waals surface area contributed by atoms with Gasteiger partial charge in [-0.25, -0.2) is 9.59 Å². The van der Waals surface area contributed by atoms with Gasteiger partial charge in [-0.05, 0) is 81.8 Å². The monoisotopic (exact) mass is 660 g/mol. The molecule has 5 rings (SSSR count). The molecule has 3 aromatic carbocycles. The molecule has 0 radical (unpaired) electrons. The Morgan fingerprint density at radius 1 is 0.891 bits per heavy atom. The van der Waals surface area contributed by atoms with Crippen molar-refractivity contribution in [1.82, 2.24) is 0 Å². The minimum Gasteiger partial charge on any atom is -0.465 e. The summed E-state index contributed by atoms with van der Waals surface area (Å²) in [6.07, 6.45) is -0.177. The lowest BCUT2D eigenvalue weighted by Gasteiger charge is -2.21. The van der Waals surface area contributed by atoms with Crippen LogP contribution in [0.15, 0.2) is 78.9 Å². The molecule has 1 fully saturated rings. The lowest BCUT2D eigenvalue weighted by atomic mass is 9.93. The van der Waals surface area contributed by atoms with Gasteiger partial charge in [-0.15, -0.1) is 11.3 Å². The molecule has 1 heterocycles. The van der Waals surface area contributed by atoms with Gasteiger partial charge < -0.3 is 14.2 Å². The highest BCUT2D eigenvalue weighted by Crippen LogP contribution is 2.50. The number of hydrogen-bond acceptors (Lipinski definition) is 7. The van der Waals surface area contributed by atoms with Crippen LogP contribution in [0.4, 0.5) is 21.0 Å². The van der Waals surface area contributed by atoms with Gasteiger partial charge in [0.05, 0.1) is 32.6 Å². The zero-order valence-corrected chi connectivity index (χ0v) is 28.0. The van der Waals surface area contributed by atoms with Gasteiger partial charge in [-0.1, -0.05) is 78.3 Å². The fraction of sp³-hybridized carbons (Fsp3) is 0.306. The second-order valence-electron chi connectivity index (χ2n) is 12.1. The van der Waals surface area contributed by atoms with Gasteiger partial charge in [0, 0.05) is 5.56 Å². The average molecular weight is 661 g/mol. The first-order chi connectivity index (χ1) is 21.9. The molecule has 1 aliphatic carbocycles. The van der Waals surface area contributed by atoms with Crippen molar-refractivity contribution in [3.8, 4) is 21.6 Å². The van der Waals surface area contributed by atoms with E-state index in [0.29, 0.717) is 32.8 Å². The molecular formula is C36H37ClN2O6S. The minimum atomic E-state index is -0.704. The summed E-state index contributed by atoms with van der Waals surface area (Å²) in [4.78, 5) is 39.1. The van der Waals surface area contributed by atoms with Gasteiger partial charge in [0.1, 0.15) is 11.7 Å². The third-order valence-corrected chi connectivity index (χ3v) is 8.89. The van der Waals surface area contributed by atoms with E-state index in [1.54, 1.807) is 40.7 Å². The topological polar surface area (TPSA) is 103 Å². The molecule has 1 aliphatic rings. The van der Waals surface area contributed by atoms with Gasteiger partial charge in [0.2, 0.25) is 0 Å². The van der Waals surface area contributed by atoms with Crippen LogP contribution in [0.5, 0.6) is 0 Å². The number of nitrogens with one attached hydrogen (secondary N) is 2. The number of carbonyl (C=O) groups excluding carboxylic acids is 3. The molecule has 1 aromatic heterocycles. The summed E-state index contributed by atoms with van der Waals surface area (Å²) in [7, 11) is 0. The number of esters is 1. The van der Waals surface area contributed by atoms with Crippen molar-refractivity contribution >= 4 is 52.5 Å². The van der Waals surface area contributed by atoms with E-state index in [9.17, 15) is 14.4 Å². The minimum absolute atomic E-state index is 0.197. The standard InChI is InChI=1S/C36H37ClN2O6S/c1-6-43-32(40)36(18-19-36)26-15-12-24(13-16-26)27-17-14-25(20-28(27)38-34(42)45-35(3,4)5)31-29(21-30(37)46-31)39-33(41)44-22(2)23-10-8-7-9-11-23/h7-17,20-22H,6,18-19H2,1-5H3,(H,38,42)(H,39,41)/t22-/m1/s1. The maximum atomic E-state index is 12.9. The van der Waals surface area contributed by atoms with E-state index in [1.807, 2.05) is 72.8 Å². The van der Waals surface area contributed by atoms with Crippen LogP contribution < -0.4 is 10.6 Å². The molecule has 240 valence electrons. The Hall–Kier alpha value is -4.34. The Bertz CT molecular complexity index is 1730. The molecule has 0 bridgehead atoms. The number of benzene rings is 3. The number of rotatable bonds is 9. The number of hydrogen-bond donors (Lipinski definition) is 2. The van der Waals surface area contributed by atoms with E-state index in [2.05, 4.69) is 10.6 Å². The second-order valence-corrected chi connectivity index (χ2v) is 13.8. The third-order valence-electron chi connectivity index (χ3n) is 7.57. The number of anilines is 2. The summed E-state index contributed by atoms with van der Waals surface area (Å²) < 4.78 is 17.0. The van der Waals surface area contributed by atoms with Gasteiger partial charge in [0.25, 0.3) is 0 Å². The summed E-state index contributed by atoms with van der Waals surface area (Å²) in [6.45, 7) is 9.33. The van der Waals surface area contributed by atoms with E-state index in [4.69, 9.17) is 25.8 Å². The van der Waals surface area contributed by atoms with E-state index in [0.717, 1.165) is 35.1 Å². The highest BCUT2D eigenvalue weighted by Gasteiger charge is 2.52. The van der Waals surface area contributed by atoms with Crippen LogP contribution in [-0.4, -0.2) is 30.4 Å². The van der Waals surface area contributed by atoms with E-state index in [1.165, 1.54) is 11.3 Å². The first kappa shape index (κ1) is 33.0. The van der Waals surface area contributed by atoms with Crippen LogP contribution in [0.25, 0.3) is 21.6 Å². The smallest absolute Gasteiger partial charge is 0.412 e. The van der Waals surface area contributed by atoms with Crippen LogP contribution in [0.1, 0.15) is 64.7 Å². The fourth-order valence-corrected chi connectivity index (χ4v) is 6.37. The molecule has 2 amide bonds. The molecular weight excluding hydrogens is 624 g/mol. The van der Waals surface area contributed by atoms with Crippen LogP contribution in [0, 0.1) is 0 Å². The highest BCUT2D eigenvalue weighted by molar-refractivity contribution is 7.20. The zero-order valence-electron chi connectivity index (χ0n) is 26.4. The van der Waals surface area contributed by atoms with E-state index >= 15 is 0 Å². The predicted octanol–water partition coefficient (Wildman–Crippen LogP) is 9.99. The molecule has 10 heteroatoms. The number of carbonyl (C=O) groups is 3. The first-order valence-corrected chi connectivity index (χ1v) is 16.3. The van der Waals surface area contributed by atoms with Crippen molar-refractivity contribution in [1.29, 1.82) is 0 Å². The normalized spacial score (nSPS) is 14.1. The Morgan fingerprint density at radius 2 is 1.54 bits per heavy atom. The summed E-state index contributed by atoms with van der Waals surface area (Å²) in [6, 6.07) is 24.5. The molecule has 1 atom stereocenters. The zero-order chi connectivity index (χ0) is 33.1. The van der Waals surface area contributed by atoms with Gasteiger partial charge >= 0.3 is 18.2 Å². The molecule has 0 saturated heterocycles. The molecule has 46 heavy (non-hydrogen) atoms. The summed E-state index contributed by atoms with van der Waals surface area (Å²) in [5.41, 5.74) is 3.77. The fourth-order valence-electron chi connectivity index (χ4n) is 5.19. The van der Waals surface area contributed by atoms with Gasteiger partial charge in [0.15, 0.2) is 0 Å². The molecule has 2 N–H and O–H groups in total. The molecule has 0 aliphatic heterocycles. The summed E-state index contributed by atoms with van der Waals surface area (Å²) >= 11 is 7.72. The van der Waals surface area contributed by atoms with Crippen molar-refractivity contribution < 1.29 is 28.6 Å². The molecule has 0 spiro atoms. The van der Waals surface area contributed by atoms with Gasteiger partial charge in [-0.2, -0.15) is 0 Å². The third kappa shape index (κ3) is 7.71. The van der Waals surface area contributed by atoms with Crippen LogP contribution in [-0.2, 0) is 24.4 Å². The summed E-state index contributed by atoms with van der Waals surface area (Å²) in [5, 5.41) is 5.73. The number of ether oxygens (including phenoxy) is 3. The average Bonchev–Trinajstić information content (AvgIpc) is 3.74. The van der Waals surface area contributed by atoms with E-state index in [-0.39, 0.29) is 5.97 Å². The Balaban J connectivity index is 1.44. The molecule has 4 aromatic rings. The van der Waals surface area contributed by atoms with Crippen molar-refractivity contribution in [2.45, 2.75) is 64.6 Å². The Labute approximate surface area is 278 Å². The maximum absolute atomic E-state index is 12.9. The lowest BCUT2D eigenvalue weighted by Crippen LogP contribution is -2.27. The largest absolute Gasteiger partial charge is 0.465 e. The Kier molecular flexibility index (Phi) is 9.74. The van der Waals surface area contributed by atoms with Crippen LogP contribution >= 0.6 is 22.9 Å². The molecule has 0 unspecified atom stereocenters. The van der Waals surface area contributed by atoms with Crippen molar-refractivity contribution in [2.24, 2.45) is 0 Å². The van der Waals surface area contributed by atoms with Crippen LogP contribution in [0.3, 0.4) is 0 Å². The maximum Gasteiger partial charge on any atom is 0.412 e. The molecule has 1 saturated carbocycles. The predicted molar refractivity (Wildman–Crippen MR) is 183 cm³/mol. The lowest BCUT2D eigenvalue weighted by molar-refractivity contribution is -0.146.